The lowest BCUT2D eigenvalue weighted by molar-refractivity contribution is 0.0730. The molecule has 3 aromatic rings. The van der Waals surface area contributed by atoms with Crippen LogP contribution in [0.1, 0.15) is 15.9 Å². The van der Waals surface area contributed by atoms with Gasteiger partial charge in [0.1, 0.15) is 0 Å². The van der Waals surface area contributed by atoms with Crippen molar-refractivity contribution >= 4 is 38.6 Å². The predicted molar refractivity (Wildman–Crippen MR) is 125 cm³/mol. The highest BCUT2D eigenvalue weighted by Gasteiger charge is 2.32. The van der Waals surface area contributed by atoms with Crippen LogP contribution in [0.3, 0.4) is 0 Å². The second-order valence-corrected chi connectivity index (χ2v) is 10.2. The SMILES string of the molecule is Cc1ccc(S(=O)(=O)N2CCOCC2)cc1C(=O)N1CCN(C)c2nc3ccccc3nc21. The van der Waals surface area contributed by atoms with E-state index in [4.69, 9.17) is 14.7 Å². The highest BCUT2D eigenvalue weighted by atomic mass is 32.2. The Hall–Kier alpha value is -3.08. The molecule has 0 N–H and O–H groups in total. The van der Waals surface area contributed by atoms with Gasteiger partial charge in [0.05, 0.1) is 29.1 Å². The minimum atomic E-state index is -3.72. The third-order valence-electron chi connectivity index (χ3n) is 6.10. The normalized spacial score (nSPS) is 17.3. The van der Waals surface area contributed by atoms with E-state index in [-0.39, 0.29) is 10.8 Å². The molecule has 2 aliphatic heterocycles. The molecule has 0 unspecified atom stereocenters. The van der Waals surface area contributed by atoms with Gasteiger partial charge in [-0.3, -0.25) is 9.69 Å². The van der Waals surface area contributed by atoms with Gasteiger partial charge in [-0.1, -0.05) is 18.2 Å². The Balaban J connectivity index is 1.55. The van der Waals surface area contributed by atoms with Crippen molar-refractivity contribution in [1.82, 2.24) is 14.3 Å². The summed E-state index contributed by atoms with van der Waals surface area (Å²) in [6.45, 7) is 4.15. The second kappa shape index (κ2) is 8.36. The molecule has 0 aliphatic carbocycles. The van der Waals surface area contributed by atoms with Crippen LogP contribution >= 0.6 is 0 Å². The number of hydrogen-bond acceptors (Lipinski definition) is 7. The van der Waals surface area contributed by atoms with E-state index in [1.807, 2.05) is 36.2 Å². The lowest BCUT2D eigenvalue weighted by Gasteiger charge is -2.34. The molecule has 0 atom stereocenters. The van der Waals surface area contributed by atoms with Gasteiger partial charge < -0.3 is 9.64 Å². The molecule has 1 aromatic heterocycles. The maximum absolute atomic E-state index is 13.7. The quantitative estimate of drug-likeness (QED) is 0.582. The molecule has 0 spiro atoms. The highest BCUT2D eigenvalue weighted by molar-refractivity contribution is 7.89. The number of morpholine rings is 1. The third-order valence-corrected chi connectivity index (χ3v) is 8.00. The summed E-state index contributed by atoms with van der Waals surface area (Å²) >= 11 is 0. The van der Waals surface area contributed by atoms with Crippen LogP contribution in [-0.4, -0.2) is 75.0 Å². The summed E-state index contributed by atoms with van der Waals surface area (Å²) in [5, 5.41) is 0. The first kappa shape index (κ1) is 21.7. The highest BCUT2D eigenvalue weighted by Crippen LogP contribution is 2.32. The van der Waals surface area contributed by atoms with Crippen LogP contribution in [0.2, 0.25) is 0 Å². The molecule has 9 nitrogen and oxygen atoms in total. The first-order valence-corrected chi connectivity index (χ1v) is 12.3. The number of aryl methyl sites for hydroxylation is 1. The van der Waals surface area contributed by atoms with Gasteiger partial charge in [0.25, 0.3) is 5.91 Å². The molecule has 0 bridgehead atoms. The Morgan fingerprint density at radius 1 is 0.939 bits per heavy atom. The molecule has 0 saturated carbocycles. The zero-order valence-corrected chi connectivity index (χ0v) is 19.4. The lowest BCUT2D eigenvalue weighted by Crippen LogP contribution is -2.44. The van der Waals surface area contributed by atoms with Crippen LogP contribution in [0.25, 0.3) is 11.0 Å². The Labute approximate surface area is 192 Å². The molecular weight excluding hydrogens is 442 g/mol. The van der Waals surface area contributed by atoms with Gasteiger partial charge >= 0.3 is 0 Å². The Morgan fingerprint density at radius 3 is 2.30 bits per heavy atom. The minimum absolute atomic E-state index is 0.109. The van der Waals surface area contributed by atoms with Crippen LogP contribution in [0.15, 0.2) is 47.4 Å². The summed E-state index contributed by atoms with van der Waals surface area (Å²) < 4.78 is 33.0. The number of nitrogens with zero attached hydrogens (tertiary/aromatic N) is 5. The average molecular weight is 468 g/mol. The molecular formula is C23H25N5O4S. The molecule has 1 saturated heterocycles. The monoisotopic (exact) mass is 467 g/mol. The number of carbonyl (C=O) groups excluding carboxylic acids is 1. The molecule has 10 heteroatoms. The zero-order chi connectivity index (χ0) is 23.2. The average Bonchev–Trinajstić information content (AvgIpc) is 2.84. The summed E-state index contributed by atoms with van der Waals surface area (Å²) in [4.78, 5) is 26.8. The molecule has 172 valence electrons. The maximum Gasteiger partial charge on any atom is 0.259 e. The number of carbonyl (C=O) groups is 1. The van der Waals surface area contributed by atoms with E-state index >= 15 is 0 Å². The van der Waals surface area contributed by atoms with E-state index in [2.05, 4.69) is 0 Å². The predicted octanol–water partition coefficient (Wildman–Crippen LogP) is 2.06. The van der Waals surface area contributed by atoms with Crippen LogP contribution < -0.4 is 9.80 Å². The summed E-state index contributed by atoms with van der Waals surface area (Å²) in [7, 11) is -1.80. The van der Waals surface area contributed by atoms with Gasteiger partial charge in [-0.2, -0.15) is 4.31 Å². The van der Waals surface area contributed by atoms with Crippen LogP contribution in [-0.2, 0) is 14.8 Å². The van der Waals surface area contributed by atoms with E-state index in [0.29, 0.717) is 67.7 Å². The largest absolute Gasteiger partial charge is 0.379 e. The number of aromatic nitrogens is 2. The van der Waals surface area contributed by atoms with Gasteiger partial charge in [-0.05, 0) is 36.8 Å². The number of sulfonamides is 1. The number of para-hydroxylation sites is 2. The van der Waals surface area contributed by atoms with Crippen molar-refractivity contribution in [2.45, 2.75) is 11.8 Å². The van der Waals surface area contributed by atoms with Crippen molar-refractivity contribution in [3.8, 4) is 0 Å². The molecule has 1 amide bonds. The van der Waals surface area contributed by atoms with Crippen LogP contribution in [0.5, 0.6) is 0 Å². The summed E-state index contributed by atoms with van der Waals surface area (Å²) in [5.41, 5.74) is 2.50. The fraction of sp³-hybridized carbons (Fsp3) is 0.348. The van der Waals surface area contributed by atoms with Crippen molar-refractivity contribution in [2.75, 3.05) is 56.2 Å². The number of hydrogen-bond donors (Lipinski definition) is 0. The zero-order valence-electron chi connectivity index (χ0n) is 18.6. The maximum atomic E-state index is 13.7. The van der Waals surface area contributed by atoms with Crippen LogP contribution in [0.4, 0.5) is 11.6 Å². The lowest BCUT2D eigenvalue weighted by atomic mass is 10.1. The van der Waals surface area contributed by atoms with E-state index < -0.39 is 10.0 Å². The van der Waals surface area contributed by atoms with E-state index in [1.165, 1.54) is 10.4 Å². The summed E-state index contributed by atoms with van der Waals surface area (Å²) in [6.07, 6.45) is 0. The van der Waals surface area contributed by atoms with Crippen molar-refractivity contribution < 1.29 is 17.9 Å². The number of anilines is 2. The van der Waals surface area contributed by atoms with E-state index in [1.54, 1.807) is 24.0 Å². The van der Waals surface area contributed by atoms with Gasteiger partial charge in [-0.15, -0.1) is 0 Å². The van der Waals surface area contributed by atoms with Crippen molar-refractivity contribution in [2.24, 2.45) is 0 Å². The topological polar surface area (TPSA) is 95.9 Å². The molecule has 2 aliphatic rings. The Kier molecular flexibility index (Phi) is 5.51. The van der Waals surface area contributed by atoms with Gasteiger partial charge in [-0.25, -0.2) is 18.4 Å². The molecule has 3 heterocycles. The third kappa shape index (κ3) is 3.84. The summed E-state index contributed by atoms with van der Waals surface area (Å²) in [6, 6.07) is 12.3. The van der Waals surface area contributed by atoms with Crippen LogP contribution in [0, 0.1) is 6.92 Å². The van der Waals surface area contributed by atoms with Gasteiger partial charge in [0, 0.05) is 38.8 Å². The Bertz CT molecular complexity index is 1340. The number of fused-ring (bicyclic) bond motifs is 2. The number of likely N-dealkylation sites (N-methyl/N-ethyl adjacent to an activating group) is 1. The second-order valence-electron chi connectivity index (χ2n) is 8.23. The molecule has 0 radical (unpaired) electrons. The number of ether oxygens (including phenoxy) is 1. The van der Waals surface area contributed by atoms with E-state index in [0.717, 1.165) is 5.52 Å². The first-order valence-electron chi connectivity index (χ1n) is 10.8. The van der Waals surface area contributed by atoms with Gasteiger partial charge in [0.15, 0.2) is 11.6 Å². The van der Waals surface area contributed by atoms with E-state index in [9.17, 15) is 13.2 Å². The Morgan fingerprint density at radius 2 is 1.61 bits per heavy atom. The van der Waals surface area contributed by atoms with Crippen molar-refractivity contribution in [1.29, 1.82) is 0 Å². The number of rotatable bonds is 3. The van der Waals surface area contributed by atoms with Crippen molar-refractivity contribution in [3.05, 3.63) is 53.6 Å². The number of benzene rings is 2. The molecule has 2 aromatic carbocycles. The fourth-order valence-electron chi connectivity index (χ4n) is 4.15. The standard InChI is InChI=1S/C23H25N5O4S/c1-16-7-8-17(33(30,31)27-11-13-32-14-12-27)15-18(16)23(29)28-10-9-26(2)21-22(28)25-20-6-4-3-5-19(20)24-21/h3-8,15H,9-14H2,1-2H3. The smallest absolute Gasteiger partial charge is 0.259 e. The molecule has 5 rings (SSSR count). The van der Waals surface area contributed by atoms with Crippen molar-refractivity contribution in [3.63, 3.8) is 0 Å². The molecule has 33 heavy (non-hydrogen) atoms. The van der Waals surface area contributed by atoms with Gasteiger partial charge in [0.2, 0.25) is 10.0 Å². The summed E-state index contributed by atoms with van der Waals surface area (Å²) in [5.74, 6) is 0.821. The minimum Gasteiger partial charge on any atom is -0.379 e. The molecule has 1 fully saturated rings. The number of amides is 1. The fourth-order valence-corrected chi connectivity index (χ4v) is 5.59. The first-order chi connectivity index (χ1) is 15.9.